The van der Waals surface area contributed by atoms with E-state index in [0.29, 0.717) is 10.7 Å². The zero-order valence-electron chi connectivity index (χ0n) is 10.3. The second-order valence-electron chi connectivity index (χ2n) is 4.61. The fraction of sp³-hybridized carbons (Fsp3) is 0.500. The molecule has 1 aromatic carbocycles. The van der Waals surface area contributed by atoms with Gasteiger partial charge in [0.25, 0.3) is 5.91 Å². The van der Waals surface area contributed by atoms with E-state index in [1.807, 2.05) is 30.3 Å². The number of nitrogens with one attached hydrogen (secondary N) is 1. The summed E-state index contributed by atoms with van der Waals surface area (Å²) in [4.78, 5) is 12.2. The van der Waals surface area contributed by atoms with Crippen LogP contribution in [0.15, 0.2) is 30.3 Å². The van der Waals surface area contributed by atoms with Crippen molar-refractivity contribution < 1.29 is 9.53 Å². The lowest BCUT2D eigenvalue weighted by Gasteiger charge is -2.14. The molecule has 0 bridgehead atoms. The first-order valence-electron chi connectivity index (χ1n) is 6.34. The lowest BCUT2D eigenvalue weighted by Crippen LogP contribution is -2.34. The van der Waals surface area contributed by atoms with E-state index in [4.69, 9.17) is 4.74 Å². The summed E-state index contributed by atoms with van der Waals surface area (Å²) < 4.78 is 5.39. The zero-order valence-corrected chi connectivity index (χ0v) is 11.9. The first kappa shape index (κ1) is 13.4. The maximum Gasteiger partial charge on any atom is 0.257 e. The van der Waals surface area contributed by atoms with E-state index in [1.165, 1.54) is 19.3 Å². The molecule has 98 valence electrons. The lowest BCUT2D eigenvalue weighted by molar-refractivity contribution is -0.123. The molecule has 18 heavy (non-hydrogen) atoms. The highest BCUT2D eigenvalue weighted by Gasteiger charge is 2.24. The van der Waals surface area contributed by atoms with Gasteiger partial charge in [-0.2, -0.15) is 0 Å². The fourth-order valence-electron chi connectivity index (χ4n) is 2.18. The van der Waals surface area contributed by atoms with Gasteiger partial charge in [0.15, 0.2) is 6.61 Å². The molecule has 0 heterocycles. The zero-order chi connectivity index (χ0) is 12.8. The molecule has 0 aliphatic heterocycles. The number of benzene rings is 1. The van der Waals surface area contributed by atoms with Gasteiger partial charge in [-0.3, -0.25) is 4.79 Å². The Morgan fingerprint density at radius 3 is 2.78 bits per heavy atom. The van der Waals surface area contributed by atoms with Crippen LogP contribution in [0.25, 0.3) is 0 Å². The van der Waals surface area contributed by atoms with Gasteiger partial charge in [-0.15, -0.1) is 0 Å². The molecule has 2 unspecified atom stereocenters. The second kappa shape index (κ2) is 6.78. The summed E-state index contributed by atoms with van der Waals surface area (Å²) in [6, 6.07) is 9.39. The molecule has 1 amide bonds. The van der Waals surface area contributed by atoms with Crippen molar-refractivity contribution in [3.63, 3.8) is 0 Å². The maximum absolute atomic E-state index is 11.6. The van der Waals surface area contributed by atoms with Crippen molar-refractivity contribution in [3.05, 3.63) is 30.3 Å². The van der Waals surface area contributed by atoms with Crippen molar-refractivity contribution in [3.8, 4) is 5.75 Å². The van der Waals surface area contributed by atoms with Crippen LogP contribution >= 0.6 is 15.9 Å². The molecular weight excluding hydrogens is 294 g/mol. The topological polar surface area (TPSA) is 38.3 Å². The molecule has 1 aromatic rings. The minimum atomic E-state index is -0.0505. The number of carbonyl (C=O) groups excluding carboxylic acids is 1. The largest absolute Gasteiger partial charge is 0.484 e. The minimum absolute atomic E-state index is 0.0505. The van der Waals surface area contributed by atoms with Gasteiger partial charge in [0.1, 0.15) is 5.75 Å². The Kier molecular flexibility index (Phi) is 5.05. The Morgan fingerprint density at radius 2 is 2.11 bits per heavy atom. The SMILES string of the molecule is O=C(COc1ccccc1)NCC1CCCC1Br. The van der Waals surface area contributed by atoms with Crippen molar-refractivity contribution >= 4 is 21.8 Å². The first-order chi connectivity index (χ1) is 8.75. The molecule has 1 aliphatic rings. The van der Waals surface area contributed by atoms with E-state index in [-0.39, 0.29) is 12.5 Å². The number of para-hydroxylation sites is 1. The third-order valence-electron chi connectivity index (χ3n) is 3.24. The van der Waals surface area contributed by atoms with E-state index >= 15 is 0 Å². The number of amides is 1. The third kappa shape index (κ3) is 4.02. The van der Waals surface area contributed by atoms with E-state index in [0.717, 1.165) is 12.3 Å². The molecule has 0 aromatic heterocycles. The van der Waals surface area contributed by atoms with E-state index in [9.17, 15) is 4.79 Å². The molecule has 4 heteroatoms. The van der Waals surface area contributed by atoms with Crippen LogP contribution in [0.2, 0.25) is 0 Å². The highest BCUT2D eigenvalue weighted by Crippen LogP contribution is 2.30. The monoisotopic (exact) mass is 311 g/mol. The Morgan fingerprint density at radius 1 is 1.33 bits per heavy atom. The van der Waals surface area contributed by atoms with Gasteiger partial charge in [0.05, 0.1) is 0 Å². The number of ether oxygens (including phenoxy) is 1. The number of halogens is 1. The molecule has 0 spiro atoms. The molecule has 0 radical (unpaired) electrons. The van der Waals surface area contributed by atoms with Crippen LogP contribution in [0.4, 0.5) is 0 Å². The first-order valence-corrected chi connectivity index (χ1v) is 7.26. The van der Waals surface area contributed by atoms with Crippen molar-refractivity contribution in [2.75, 3.05) is 13.2 Å². The average molecular weight is 312 g/mol. The van der Waals surface area contributed by atoms with Crippen molar-refractivity contribution in [1.29, 1.82) is 0 Å². The Bertz CT molecular complexity index is 383. The van der Waals surface area contributed by atoms with Gasteiger partial charge in [-0.1, -0.05) is 40.5 Å². The quantitative estimate of drug-likeness (QED) is 0.849. The summed E-state index contributed by atoms with van der Waals surface area (Å²) in [5.41, 5.74) is 0. The van der Waals surface area contributed by atoms with Crippen molar-refractivity contribution in [2.45, 2.75) is 24.1 Å². The molecule has 2 atom stereocenters. The Hall–Kier alpha value is -1.03. The lowest BCUT2D eigenvalue weighted by atomic mass is 10.1. The molecule has 1 fully saturated rings. The predicted molar refractivity (Wildman–Crippen MR) is 75.0 cm³/mol. The summed E-state index contributed by atoms with van der Waals surface area (Å²) in [6.07, 6.45) is 3.65. The summed E-state index contributed by atoms with van der Waals surface area (Å²) in [7, 11) is 0. The Balaban J connectivity index is 1.66. The average Bonchev–Trinajstić information content (AvgIpc) is 2.81. The molecule has 1 N–H and O–H groups in total. The highest BCUT2D eigenvalue weighted by molar-refractivity contribution is 9.09. The standard InChI is InChI=1S/C14H18BrNO2/c15-13-8-4-5-11(13)9-16-14(17)10-18-12-6-2-1-3-7-12/h1-3,6-7,11,13H,4-5,8-10H2,(H,16,17). The van der Waals surface area contributed by atoms with Gasteiger partial charge in [-0.05, 0) is 30.9 Å². The van der Waals surface area contributed by atoms with Crippen molar-refractivity contribution in [2.24, 2.45) is 5.92 Å². The van der Waals surface area contributed by atoms with E-state index in [1.54, 1.807) is 0 Å². The third-order valence-corrected chi connectivity index (χ3v) is 4.45. The number of carbonyl (C=O) groups is 1. The van der Waals surface area contributed by atoms with Gasteiger partial charge in [0.2, 0.25) is 0 Å². The normalized spacial score (nSPS) is 22.7. The number of hydrogen-bond donors (Lipinski definition) is 1. The minimum Gasteiger partial charge on any atom is -0.484 e. The van der Waals surface area contributed by atoms with Crippen LogP contribution in [0.5, 0.6) is 5.75 Å². The summed E-state index contributed by atoms with van der Waals surface area (Å²) in [5, 5.41) is 2.93. The summed E-state index contributed by atoms with van der Waals surface area (Å²) in [6.45, 7) is 0.830. The van der Waals surface area contributed by atoms with Gasteiger partial charge in [0, 0.05) is 11.4 Å². The van der Waals surface area contributed by atoms with E-state index < -0.39 is 0 Å². The molecule has 0 saturated heterocycles. The highest BCUT2D eigenvalue weighted by atomic mass is 79.9. The predicted octanol–water partition coefficient (Wildman–Crippen LogP) is 2.75. The Labute approximate surface area is 116 Å². The van der Waals surface area contributed by atoms with Gasteiger partial charge in [-0.25, -0.2) is 0 Å². The molecule has 3 nitrogen and oxygen atoms in total. The molecule has 1 saturated carbocycles. The molecule has 2 rings (SSSR count). The maximum atomic E-state index is 11.6. The van der Waals surface area contributed by atoms with Crippen LogP contribution in [-0.2, 0) is 4.79 Å². The van der Waals surface area contributed by atoms with Gasteiger partial charge >= 0.3 is 0 Å². The van der Waals surface area contributed by atoms with Gasteiger partial charge < -0.3 is 10.1 Å². The number of hydrogen-bond acceptors (Lipinski definition) is 2. The molecule has 1 aliphatic carbocycles. The van der Waals surface area contributed by atoms with Crippen LogP contribution in [-0.4, -0.2) is 23.9 Å². The van der Waals surface area contributed by atoms with Crippen LogP contribution < -0.4 is 10.1 Å². The van der Waals surface area contributed by atoms with Crippen LogP contribution in [0, 0.1) is 5.92 Å². The molecular formula is C14H18BrNO2. The second-order valence-corrected chi connectivity index (χ2v) is 5.79. The number of rotatable bonds is 5. The fourth-order valence-corrected chi connectivity index (χ4v) is 2.96. The van der Waals surface area contributed by atoms with Crippen molar-refractivity contribution in [1.82, 2.24) is 5.32 Å². The van der Waals surface area contributed by atoms with Crippen LogP contribution in [0.3, 0.4) is 0 Å². The smallest absolute Gasteiger partial charge is 0.257 e. The number of alkyl halides is 1. The van der Waals surface area contributed by atoms with E-state index in [2.05, 4.69) is 21.2 Å². The summed E-state index contributed by atoms with van der Waals surface area (Å²) in [5.74, 6) is 1.24. The summed E-state index contributed by atoms with van der Waals surface area (Å²) >= 11 is 3.65. The van der Waals surface area contributed by atoms with Crippen LogP contribution in [0.1, 0.15) is 19.3 Å².